The molecule has 2 aromatic carbocycles. The molecule has 1 aliphatic heterocycles. The van der Waals surface area contributed by atoms with Crippen molar-refractivity contribution >= 4 is 23.4 Å². The number of anilines is 1. The van der Waals surface area contributed by atoms with Gasteiger partial charge in [0.2, 0.25) is 5.91 Å². The third-order valence-corrected chi connectivity index (χ3v) is 5.25. The minimum atomic E-state index is 0.0280. The number of para-hydroxylation sites is 2. The maximum atomic E-state index is 12.5. The topological polar surface area (TPSA) is 41.6 Å². The molecule has 1 atom stereocenters. The third kappa shape index (κ3) is 4.48. The van der Waals surface area contributed by atoms with E-state index >= 15 is 0 Å². The molecule has 0 bridgehead atoms. The van der Waals surface area contributed by atoms with E-state index in [2.05, 4.69) is 29.3 Å². The van der Waals surface area contributed by atoms with Crippen molar-refractivity contribution < 1.29 is 9.53 Å². The molecule has 0 aromatic heterocycles. The number of nitrogens with one attached hydrogen (secondary N) is 1. The minimum absolute atomic E-state index is 0.0280. The highest BCUT2D eigenvalue weighted by Crippen LogP contribution is 2.37. The number of hydrogen-bond acceptors (Lipinski definition) is 4. The standard InChI is InChI=1S/C20H24N2O2S/c1-3-24-18-10-6-4-8-16(18)12-21-20(23)14-22-13-15(2)25-19-11-7-5-9-17(19)22/h4-11,15H,3,12-14H2,1-2H3,(H,21,23)/t15-/m0/s1. The molecule has 1 aliphatic rings. The lowest BCUT2D eigenvalue weighted by molar-refractivity contribution is -0.119. The van der Waals surface area contributed by atoms with Crippen molar-refractivity contribution in [1.29, 1.82) is 0 Å². The van der Waals surface area contributed by atoms with Gasteiger partial charge in [0, 0.05) is 28.8 Å². The lowest BCUT2D eigenvalue weighted by Gasteiger charge is -2.33. The lowest BCUT2D eigenvalue weighted by atomic mass is 10.2. The van der Waals surface area contributed by atoms with Crippen molar-refractivity contribution in [3.8, 4) is 5.75 Å². The summed E-state index contributed by atoms with van der Waals surface area (Å²) in [5.41, 5.74) is 2.15. The van der Waals surface area contributed by atoms with Gasteiger partial charge in [-0.05, 0) is 25.1 Å². The molecule has 132 valence electrons. The molecule has 1 amide bonds. The third-order valence-electron chi connectivity index (χ3n) is 4.09. The molecule has 3 rings (SSSR count). The number of nitrogens with zero attached hydrogens (tertiary/aromatic N) is 1. The summed E-state index contributed by atoms with van der Waals surface area (Å²) in [5.74, 6) is 0.860. The van der Waals surface area contributed by atoms with E-state index in [-0.39, 0.29) is 5.91 Å². The van der Waals surface area contributed by atoms with E-state index < -0.39 is 0 Å². The van der Waals surface area contributed by atoms with Crippen molar-refractivity contribution in [3.05, 3.63) is 54.1 Å². The highest BCUT2D eigenvalue weighted by atomic mass is 32.2. The summed E-state index contributed by atoms with van der Waals surface area (Å²) in [6.45, 7) is 6.51. The van der Waals surface area contributed by atoms with Crippen LogP contribution in [0.1, 0.15) is 19.4 Å². The van der Waals surface area contributed by atoms with Gasteiger partial charge in [-0.25, -0.2) is 0 Å². The van der Waals surface area contributed by atoms with Gasteiger partial charge in [-0.1, -0.05) is 37.3 Å². The van der Waals surface area contributed by atoms with Crippen LogP contribution in [0.4, 0.5) is 5.69 Å². The summed E-state index contributed by atoms with van der Waals surface area (Å²) in [5, 5.41) is 3.50. The van der Waals surface area contributed by atoms with Crippen molar-refractivity contribution in [1.82, 2.24) is 5.32 Å². The molecule has 1 N–H and O–H groups in total. The number of thioether (sulfide) groups is 1. The molecule has 25 heavy (non-hydrogen) atoms. The van der Waals surface area contributed by atoms with Crippen molar-refractivity contribution in [2.24, 2.45) is 0 Å². The molecule has 0 saturated heterocycles. The predicted molar refractivity (Wildman–Crippen MR) is 103 cm³/mol. The molecule has 1 heterocycles. The average molecular weight is 356 g/mol. The van der Waals surface area contributed by atoms with Crippen LogP contribution in [0.2, 0.25) is 0 Å². The number of hydrogen-bond donors (Lipinski definition) is 1. The molecular weight excluding hydrogens is 332 g/mol. The van der Waals surface area contributed by atoms with Crippen LogP contribution >= 0.6 is 11.8 Å². The van der Waals surface area contributed by atoms with Crippen LogP contribution in [0.5, 0.6) is 5.75 Å². The Morgan fingerprint density at radius 3 is 2.84 bits per heavy atom. The Hall–Kier alpha value is -2.14. The Bertz CT molecular complexity index is 735. The lowest BCUT2D eigenvalue weighted by Crippen LogP contribution is -2.41. The molecule has 0 spiro atoms. The van der Waals surface area contributed by atoms with Gasteiger partial charge in [-0.15, -0.1) is 11.8 Å². The van der Waals surface area contributed by atoms with E-state index in [1.165, 1.54) is 4.90 Å². The van der Waals surface area contributed by atoms with E-state index in [0.717, 1.165) is 23.5 Å². The largest absolute Gasteiger partial charge is 0.494 e. The van der Waals surface area contributed by atoms with E-state index in [1.54, 1.807) is 0 Å². The number of ether oxygens (including phenoxy) is 1. The van der Waals surface area contributed by atoms with Gasteiger partial charge in [0.15, 0.2) is 0 Å². The Labute approximate surface area is 153 Å². The van der Waals surface area contributed by atoms with E-state index in [9.17, 15) is 4.79 Å². The summed E-state index contributed by atoms with van der Waals surface area (Å²) in [4.78, 5) is 15.9. The van der Waals surface area contributed by atoms with Crippen LogP contribution < -0.4 is 15.0 Å². The summed E-state index contributed by atoms with van der Waals surface area (Å²) >= 11 is 1.87. The smallest absolute Gasteiger partial charge is 0.239 e. The molecule has 0 fully saturated rings. The van der Waals surface area contributed by atoms with Gasteiger partial charge in [-0.3, -0.25) is 4.79 Å². The summed E-state index contributed by atoms with van der Waals surface area (Å²) in [6, 6.07) is 16.1. The fourth-order valence-corrected chi connectivity index (χ4v) is 4.16. The fourth-order valence-electron chi connectivity index (χ4n) is 3.00. The molecule has 0 aliphatic carbocycles. The van der Waals surface area contributed by atoms with Crippen LogP contribution in [0.15, 0.2) is 53.4 Å². The zero-order chi connectivity index (χ0) is 17.6. The fraction of sp³-hybridized carbons (Fsp3) is 0.350. The Morgan fingerprint density at radius 2 is 2.00 bits per heavy atom. The minimum Gasteiger partial charge on any atom is -0.494 e. The van der Waals surface area contributed by atoms with E-state index in [4.69, 9.17) is 4.74 Å². The molecule has 2 aromatic rings. The van der Waals surface area contributed by atoms with Gasteiger partial charge >= 0.3 is 0 Å². The van der Waals surface area contributed by atoms with Crippen LogP contribution in [0.3, 0.4) is 0 Å². The van der Waals surface area contributed by atoms with Gasteiger partial charge < -0.3 is 15.0 Å². The summed E-state index contributed by atoms with van der Waals surface area (Å²) in [7, 11) is 0. The van der Waals surface area contributed by atoms with Crippen LogP contribution in [0.25, 0.3) is 0 Å². The molecular formula is C20H24N2O2S. The van der Waals surface area contributed by atoms with Crippen molar-refractivity contribution in [2.45, 2.75) is 30.5 Å². The summed E-state index contributed by atoms with van der Waals surface area (Å²) in [6.07, 6.45) is 0. The first kappa shape index (κ1) is 17.7. The molecule has 5 heteroatoms. The first-order chi connectivity index (χ1) is 12.2. The highest BCUT2D eigenvalue weighted by Gasteiger charge is 2.23. The maximum absolute atomic E-state index is 12.5. The number of fused-ring (bicyclic) bond motifs is 1. The van der Waals surface area contributed by atoms with Gasteiger partial charge in [0.05, 0.1) is 18.8 Å². The van der Waals surface area contributed by atoms with Crippen molar-refractivity contribution in [2.75, 3.05) is 24.6 Å². The monoisotopic (exact) mass is 356 g/mol. The zero-order valence-electron chi connectivity index (χ0n) is 14.7. The molecule has 0 radical (unpaired) electrons. The van der Waals surface area contributed by atoms with Crippen LogP contribution in [-0.4, -0.2) is 30.9 Å². The van der Waals surface area contributed by atoms with Crippen LogP contribution in [0, 0.1) is 0 Å². The normalized spacial score (nSPS) is 16.2. The average Bonchev–Trinajstić information content (AvgIpc) is 2.61. The second kappa shape index (κ2) is 8.30. The van der Waals surface area contributed by atoms with E-state index in [0.29, 0.717) is 24.9 Å². The first-order valence-corrected chi connectivity index (χ1v) is 9.53. The quantitative estimate of drug-likeness (QED) is 0.857. The van der Waals surface area contributed by atoms with Crippen molar-refractivity contribution in [3.63, 3.8) is 0 Å². The number of rotatable bonds is 6. The SMILES string of the molecule is CCOc1ccccc1CNC(=O)CN1C[C@H](C)Sc2ccccc21. The van der Waals surface area contributed by atoms with Gasteiger partial charge in [-0.2, -0.15) is 0 Å². The highest BCUT2D eigenvalue weighted by molar-refractivity contribution is 8.00. The number of amides is 1. The Kier molecular flexibility index (Phi) is 5.87. The predicted octanol–water partition coefficient (Wildman–Crippen LogP) is 3.70. The Morgan fingerprint density at radius 1 is 1.24 bits per heavy atom. The van der Waals surface area contributed by atoms with Crippen LogP contribution in [-0.2, 0) is 11.3 Å². The Balaban J connectivity index is 1.62. The molecule has 0 unspecified atom stereocenters. The molecule has 0 saturated carbocycles. The maximum Gasteiger partial charge on any atom is 0.239 e. The van der Waals surface area contributed by atoms with E-state index in [1.807, 2.05) is 55.1 Å². The van der Waals surface area contributed by atoms with Gasteiger partial charge in [0.25, 0.3) is 0 Å². The molecule has 4 nitrogen and oxygen atoms in total. The second-order valence-electron chi connectivity index (χ2n) is 6.09. The first-order valence-electron chi connectivity index (χ1n) is 8.65. The zero-order valence-corrected chi connectivity index (χ0v) is 15.5. The number of carbonyl (C=O) groups excluding carboxylic acids is 1. The second-order valence-corrected chi connectivity index (χ2v) is 7.57. The summed E-state index contributed by atoms with van der Waals surface area (Å²) < 4.78 is 5.62. The number of carbonyl (C=O) groups is 1. The number of benzene rings is 2. The van der Waals surface area contributed by atoms with Gasteiger partial charge in [0.1, 0.15) is 5.75 Å².